The Hall–Kier alpha value is -1.93. The highest BCUT2D eigenvalue weighted by molar-refractivity contribution is 6.42. The largest absolute Gasteiger partial charge is 0.410 e. The molecule has 2 atom stereocenters. The Balaban J connectivity index is 1.93. The molecule has 5 nitrogen and oxygen atoms in total. The Kier molecular flexibility index (Phi) is 5.82. The minimum Gasteiger partial charge on any atom is -0.363 e. The quantitative estimate of drug-likeness (QED) is 0.691. The van der Waals surface area contributed by atoms with Gasteiger partial charge in [0.25, 0.3) is 5.91 Å². The number of hydrogen-bond acceptors (Lipinski definition) is 3. The molecule has 2 heterocycles. The summed E-state index contributed by atoms with van der Waals surface area (Å²) in [5.41, 5.74) is 0.508. The molecule has 1 aromatic heterocycles. The maximum atomic E-state index is 13.7. The lowest BCUT2D eigenvalue weighted by molar-refractivity contribution is -0.173. The number of carbonyl (C=O) groups excluding carboxylic acids is 1. The fourth-order valence-corrected chi connectivity index (χ4v) is 3.33. The van der Waals surface area contributed by atoms with E-state index in [0.717, 1.165) is 4.68 Å². The maximum absolute atomic E-state index is 13.7. The third-order valence-corrected chi connectivity index (χ3v) is 5.18. The predicted octanol–water partition coefficient (Wildman–Crippen LogP) is 5.24. The van der Waals surface area contributed by atoms with Crippen molar-refractivity contribution in [3.8, 4) is 0 Å². The lowest BCUT2D eigenvalue weighted by Gasteiger charge is -2.33. The molecule has 0 fully saturated rings. The van der Waals surface area contributed by atoms with Crippen LogP contribution in [0.5, 0.6) is 0 Å². The van der Waals surface area contributed by atoms with Crippen LogP contribution < -0.4 is 10.6 Å². The highest BCUT2D eigenvalue weighted by Crippen LogP contribution is 2.44. The third kappa shape index (κ3) is 4.38. The van der Waals surface area contributed by atoms with E-state index in [2.05, 4.69) is 15.7 Å². The van der Waals surface area contributed by atoms with Crippen LogP contribution in [0.1, 0.15) is 48.4 Å². The van der Waals surface area contributed by atoms with Crippen molar-refractivity contribution >= 4 is 34.9 Å². The van der Waals surface area contributed by atoms with Gasteiger partial charge in [-0.1, -0.05) is 43.1 Å². The predicted molar refractivity (Wildman–Crippen MR) is 102 cm³/mol. The smallest absolute Gasteiger partial charge is 0.363 e. The molecule has 0 unspecified atom stereocenters. The molecule has 0 radical (unpaired) electrons. The molecule has 3 rings (SSSR count). The molecule has 10 heteroatoms. The summed E-state index contributed by atoms with van der Waals surface area (Å²) in [6.07, 6.45) is -4.81. The zero-order valence-electron chi connectivity index (χ0n) is 15.1. The fourth-order valence-electron chi connectivity index (χ4n) is 3.02. The second kappa shape index (κ2) is 7.83. The highest BCUT2D eigenvalue weighted by Gasteiger charge is 2.46. The van der Waals surface area contributed by atoms with Crippen LogP contribution in [0.15, 0.2) is 24.3 Å². The van der Waals surface area contributed by atoms with E-state index in [1.807, 2.05) is 13.8 Å². The number of alkyl halides is 3. The van der Waals surface area contributed by atoms with Gasteiger partial charge < -0.3 is 10.6 Å². The Morgan fingerprint density at radius 2 is 2.04 bits per heavy atom. The summed E-state index contributed by atoms with van der Waals surface area (Å²) in [4.78, 5) is 12.2. The summed E-state index contributed by atoms with van der Waals surface area (Å²) in [7, 11) is 0. The summed E-state index contributed by atoms with van der Waals surface area (Å²) in [6.45, 7) is 4.24. The number of nitrogens with one attached hydrogen (secondary N) is 2. The molecule has 1 aliphatic rings. The van der Waals surface area contributed by atoms with E-state index < -0.39 is 24.2 Å². The first-order valence-corrected chi connectivity index (χ1v) is 9.47. The van der Waals surface area contributed by atoms with E-state index in [1.54, 1.807) is 12.1 Å². The molecule has 0 aliphatic carbocycles. The topological polar surface area (TPSA) is 59.0 Å². The van der Waals surface area contributed by atoms with E-state index in [1.165, 1.54) is 12.1 Å². The van der Waals surface area contributed by atoms with E-state index in [-0.39, 0.29) is 28.9 Å². The van der Waals surface area contributed by atoms with Gasteiger partial charge in [-0.2, -0.15) is 18.3 Å². The van der Waals surface area contributed by atoms with Gasteiger partial charge in [-0.3, -0.25) is 4.79 Å². The maximum Gasteiger partial charge on any atom is 0.410 e. The number of fused-ring (bicyclic) bond motifs is 1. The van der Waals surface area contributed by atoms with Crippen LogP contribution >= 0.6 is 23.2 Å². The molecule has 2 aromatic rings. The van der Waals surface area contributed by atoms with Crippen molar-refractivity contribution in [1.82, 2.24) is 15.1 Å². The van der Waals surface area contributed by atoms with Crippen LogP contribution in [0, 0.1) is 5.92 Å². The minimum atomic E-state index is -4.52. The standard InChI is InChI=1S/C18H19Cl2F3N4O/c1-9(2)8-24-17(28)14-7-16-25-13(10-3-4-11(19)12(20)5-10)6-15(18(21,22)23)27(16)26-14/h3-5,7,9,13,15,25H,6,8H2,1-2H3,(H,24,28)/t13-,15+/m0/s1. The summed E-state index contributed by atoms with van der Waals surface area (Å²) >= 11 is 11.9. The molecule has 1 aliphatic heterocycles. The summed E-state index contributed by atoms with van der Waals surface area (Å²) in [5.74, 6) is -0.176. The summed E-state index contributed by atoms with van der Waals surface area (Å²) in [5, 5.41) is 10.2. The van der Waals surface area contributed by atoms with E-state index in [0.29, 0.717) is 17.1 Å². The molecule has 1 amide bonds. The van der Waals surface area contributed by atoms with Crippen LogP contribution in [0.25, 0.3) is 0 Å². The van der Waals surface area contributed by atoms with Gasteiger partial charge in [0.2, 0.25) is 0 Å². The normalized spacial score (nSPS) is 19.3. The van der Waals surface area contributed by atoms with Crippen LogP contribution in [0.3, 0.4) is 0 Å². The fraction of sp³-hybridized carbons (Fsp3) is 0.444. The molecule has 152 valence electrons. The first-order valence-electron chi connectivity index (χ1n) is 8.72. The van der Waals surface area contributed by atoms with E-state index in [4.69, 9.17) is 23.2 Å². The number of halogens is 5. The monoisotopic (exact) mass is 434 g/mol. The van der Waals surface area contributed by atoms with E-state index in [9.17, 15) is 18.0 Å². The number of anilines is 1. The number of aromatic nitrogens is 2. The van der Waals surface area contributed by atoms with Crippen molar-refractivity contribution in [3.63, 3.8) is 0 Å². The number of nitrogens with zero attached hydrogens (tertiary/aromatic N) is 2. The molecule has 0 spiro atoms. The molecule has 0 saturated heterocycles. The SMILES string of the molecule is CC(C)CNC(=O)c1cc2n(n1)[C@@H](C(F)(F)F)C[C@@H](c1ccc(Cl)c(Cl)c1)N2. The average Bonchev–Trinajstić information content (AvgIpc) is 3.04. The molecular weight excluding hydrogens is 416 g/mol. The lowest BCUT2D eigenvalue weighted by Crippen LogP contribution is -2.36. The van der Waals surface area contributed by atoms with Gasteiger partial charge in [0.05, 0.1) is 16.1 Å². The van der Waals surface area contributed by atoms with Gasteiger partial charge in [-0.25, -0.2) is 4.68 Å². The van der Waals surface area contributed by atoms with Crippen LogP contribution in [0.4, 0.5) is 19.0 Å². The zero-order chi connectivity index (χ0) is 20.6. The molecule has 0 bridgehead atoms. The molecular formula is C18H19Cl2F3N4O. The van der Waals surface area contributed by atoms with Crippen molar-refractivity contribution in [2.24, 2.45) is 5.92 Å². The van der Waals surface area contributed by atoms with Gasteiger partial charge >= 0.3 is 6.18 Å². The second-order valence-electron chi connectivity index (χ2n) is 7.13. The van der Waals surface area contributed by atoms with Crippen molar-refractivity contribution in [2.45, 2.75) is 38.5 Å². The number of benzene rings is 1. The Labute approximate surface area is 170 Å². The van der Waals surface area contributed by atoms with E-state index >= 15 is 0 Å². The van der Waals surface area contributed by atoms with Gasteiger partial charge in [0.1, 0.15) is 5.82 Å². The van der Waals surface area contributed by atoms with Gasteiger partial charge in [-0.15, -0.1) is 0 Å². The molecule has 28 heavy (non-hydrogen) atoms. The van der Waals surface area contributed by atoms with Crippen molar-refractivity contribution < 1.29 is 18.0 Å². The van der Waals surface area contributed by atoms with Crippen molar-refractivity contribution in [2.75, 3.05) is 11.9 Å². The minimum absolute atomic E-state index is 0.0628. The number of hydrogen-bond donors (Lipinski definition) is 2. The first-order chi connectivity index (χ1) is 13.1. The van der Waals surface area contributed by atoms with Crippen LogP contribution in [-0.2, 0) is 0 Å². The van der Waals surface area contributed by atoms with Crippen molar-refractivity contribution in [3.05, 3.63) is 45.6 Å². The van der Waals surface area contributed by atoms with Crippen molar-refractivity contribution in [1.29, 1.82) is 0 Å². The average molecular weight is 435 g/mol. The van der Waals surface area contributed by atoms with Crippen LogP contribution in [0.2, 0.25) is 10.0 Å². The number of rotatable bonds is 4. The van der Waals surface area contributed by atoms with Gasteiger partial charge in [-0.05, 0) is 23.6 Å². The zero-order valence-corrected chi connectivity index (χ0v) is 16.7. The number of amides is 1. The molecule has 0 saturated carbocycles. The second-order valence-corrected chi connectivity index (χ2v) is 7.94. The Morgan fingerprint density at radius 1 is 1.32 bits per heavy atom. The Bertz CT molecular complexity index is 882. The first kappa shape index (κ1) is 20.8. The lowest BCUT2D eigenvalue weighted by atomic mass is 9.97. The molecule has 2 N–H and O–H groups in total. The molecule has 1 aromatic carbocycles. The van der Waals surface area contributed by atoms with Crippen LogP contribution in [-0.4, -0.2) is 28.4 Å². The third-order valence-electron chi connectivity index (χ3n) is 4.44. The highest BCUT2D eigenvalue weighted by atomic mass is 35.5. The summed E-state index contributed by atoms with van der Waals surface area (Å²) < 4.78 is 41.9. The summed E-state index contributed by atoms with van der Waals surface area (Å²) in [6, 6.07) is 3.52. The van der Waals surface area contributed by atoms with Gasteiger partial charge in [0.15, 0.2) is 11.7 Å². The van der Waals surface area contributed by atoms with Gasteiger partial charge in [0, 0.05) is 19.0 Å². The Morgan fingerprint density at radius 3 is 2.64 bits per heavy atom. The number of carbonyl (C=O) groups is 1.